The van der Waals surface area contributed by atoms with Gasteiger partial charge >= 0.3 is 6.18 Å². The Hall–Kier alpha value is -1.14. The molecule has 1 aromatic carbocycles. The molecule has 0 bridgehead atoms. The van der Waals surface area contributed by atoms with E-state index in [1.165, 1.54) is 6.92 Å². The van der Waals surface area contributed by atoms with Gasteiger partial charge in [-0.2, -0.15) is 13.2 Å². The Morgan fingerprint density at radius 2 is 1.82 bits per heavy atom. The van der Waals surface area contributed by atoms with Crippen molar-refractivity contribution in [2.75, 3.05) is 13.2 Å². The molecular weight excluding hydrogens is 238 g/mol. The zero-order chi connectivity index (χ0) is 13.3. The molecule has 0 aliphatic carbocycles. The van der Waals surface area contributed by atoms with Crippen LogP contribution in [0.3, 0.4) is 0 Å². The highest BCUT2D eigenvalue weighted by Gasteiger charge is 2.39. The third-order valence-electron chi connectivity index (χ3n) is 2.74. The fourth-order valence-corrected chi connectivity index (χ4v) is 1.52. The van der Waals surface area contributed by atoms with E-state index in [1.807, 2.05) is 0 Å². The molecule has 0 fully saturated rings. The molecule has 0 saturated heterocycles. The van der Waals surface area contributed by atoms with E-state index in [0.717, 1.165) is 12.1 Å². The molecule has 0 aliphatic heterocycles. The van der Waals surface area contributed by atoms with Crippen LogP contribution in [0.4, 0.5) is 17.6 Å². The molecule has 0 amide bonds. The van der Waals surface area contributed by atoms with Crippen molar-refractivity contribution in [1.82, 2.24) is 0 Å². The molecule has 2 nitrogen and oxygen atoms in total. The molecular formula is C11H13F4NO. The molecule has 17 heavy (non-hydrogen) atoms. The SMILES string of the molecule is CC(CN)(CO)c1cc(F)ccc1C(F)(F)F. The number of aliphatic hydroxyl groups excluding tert-OH is 1. The van der Waals surface area contributed by atoms with Crippen molar-refractivity contribution in [2.24, 2.45) is 5.73 Å². The first kappa shape index (κ1) is 13.9. The Morgan fingerprint density at radius 3 is 2.24 bits per heavy atom. The number of halogens is 4. The lowest BCUT2D eigenvalue weighted by atomic mass is 9.80. The summed E-state index contributed by atoms with van der Waals surface area (Å²) < 4.78 is 51.3. The normalized spacial score (nSPS) is 15.7. The molecule has 1 unspecified atom stereocenters. The fraction of sp³-hybridized carbons (Fsp3) is 0.455. The van der Waals surface area contributed by atoms with Crippen LogP contribution in [0.2, 0.25) is 0 Å². The summed E-state index contributed by atoms with van der Waals surface area (Å²) in [5.41, 5.74) is 2.75. The summed E-state index contributed by atoms with van der Waals surface area (Å²) in [6.45, 7) is 0.559. The molecule has 0 aromatic heterocycles. The quantitative estimate of drug-likeness (QED) is 0.808. The van der Waals surface area contributed by atoms with E-state index in [0.29, 0.717) is 6.07 Å². The summed E-state index contributed by atoms with van der Waals surface area (Å²) in [4.78, 5) is 0. The number of hydrogen-bond donors (Lipinski definition) is 2. The minimum absolute atomic E-state index is 0.212. The van der Waals surface area contributed by atoms with Crippen LogP contribution >= 0.6 is 0 Å². The van der Waals surface area contributed by atoms with E-state index in [1.54, 1.807) is 0 Å². The second-order valence-corrected chi connectivity index (χ2v) is 4.11. The standard InChI is InChI=1S/C11H13F4NO/c1-10(5-16,6-17)9-4-7(12)2-3-8(9)11(13,14)15/h2-4,17H,5-6,16H2,1H3. The molecule has 1 atom stereocenters. The maximum atomic E-state index is 13.0. The smallest absolute Gasteiger partial charge is 0.395 e. The average molecular weight is 251 g/mol. The topological polar surface area (TPSA) is 46.2 Å². The summed E-state index contributed by atoms with van der Waals surface area (Å²) >= 11 is 0. The third kappa shape index (κ3) is 2.76. The van der Waals surface area contributed by atoms with Crippen LogP contribution in [0.5, 0.6) is 0 Å². The molecule has 3 N–H and O–H groups in total. The minimum atomic E-state index is -4.60. The predicted molar refractivity (Wildman–Crippen MR) is 54.9 cm³/mol. The Labute approximate surface area is 96.1 Å². The maximum Gasteiger partial charge on any atom is 0.416 e. The van der Waals surface area contributed by atoms with Gasteiger partial charge in [0, 0.05) is 12.0 Å². The molecule has 1 aromatic rings. The van der Waals surface area contributed by atoms with Gasteiger partial charge in [0.25, 0.3) is 0 Å². The van der Waals surface area contributed by atoms with Crippen LogP contribution < -0.4 is 5.73 Å². The van der Waals surface area contributed by atoms with Crippen LogP contribution in [-0.4, -0.2) is 18.3 Å². The number of aliphatic hydroxyl groups is 1. The van der Waals surface area contributed by atoms with Gasteiger partial charge in [0.1, 0.15) is 5.82 Å². The van der Waals surface area contributed by atoms with E-state index in [2.05, 4.69) is 0 Å². The predicted octanol–water partition coefficient (Wildman–Crippen LogP) is 2.05. The summed E-state index contributed by atoms with van der Waals surface area (Å²) in [6, 6.07) is 2.17. The molecule has 96 valence electrons. The molecule has 0 saturated carbocycles. The highest BCUT2D eigenvalue weighted by atomic mass is 19.4. The van der Waals surface area contributed by atoms with Crippen molar-refractivity contribution in [1.29, 1.82) is 0 Å². The van der Waals surface area contributed by atoms with Gasteiger partial charge in [-0.1, -0.05) is 6.92 Å². The first-order valence-corrected chi connectivity index (χ1v) is 4.93. The lowest BCUT2D eigenvalue weighted by Gasteiger charge is -2.29. The van der Waals surface area contributed by atoms with Gasteiger partial charge in [-0.15, -0.1) is 0 Å². The van der Waals surface area contributed by atoms with Gasteiger partial charge in [-0.05, 0) is 23.8 Å². The highest BCUT2D eigenvalue weighted by Crippen LogP contribution is 2.37. The fourth-order valence-electron chi connectivity index (χ4n) is 1.52. The van der Waals surface area contributed by atoms with E-state index in [9.17, 15) is 17.6 Å². The molecule has 0 aliphatic rings. The second-order valence-electron chi connectivity index (χ2n) is 4.11. The summed E-state index contributed by atoms with van der Waals surface area (Å²) in [5.74, 6) is -0.791. The van der Waals surface area contributed by atoms with Crippen LogP contribution in [0, 0.1) is 5.82 Å². The zero-order valence-corrected chi connectivity index (χ0v) is 9.18. The van der Waals surface area contributed by atoms with Crippen LogP contribution in [0.15, 0.2) is 18.2 Å². The summed E-state index contributed by atoms with van der Waals surface area (Å²) in [7, 11) is 0. The van der Waals surface area contributed by atoms with Crippen molar-refractivity contribution >= 4 is 0 Å². The van der Waals surface area contributed by atoms with Crippen molar-refractivity contribution in [3.05, 3.63) is 35.1 Å². The number of alkyl halides is 3. The largest absolute Gasteiger partial charge is 0.416 e. The first-order valence-electron chi connectivity index (χ1n) is 4.93. The summed E-state index contributed by atoms with van der Waals surface area (Å²) in [5, 5.41) is 9.15. The van der Waals surface area contributed by atoms with Crippen LogP contribution in [0.1, 0.15) is 18.1 Å². The Morgan fingerprint density at radius 1 is 1.24 bits per heavy atom. The minimum Gasteiger partial charge on any atom is -0.395 e. The second kappa shape index (κ2) is 4.62. The van der Waals surface area contributed by atoms with E-state index < -0.39 is 29.6 Å². The van der Waals surface area contributed by atoms with Gasteiger partial charge in [-0.25, -0.2) is 4.39 Å². The molecule has 6 heteroatoms. The van der Waals surface area contributed by atoms with Gasteiger partial charge in [0.15, 0.2) is 0 Å². The lowest BCUT2D eigenvalue weighted by molar-refractivity contribution is -0.138. The van der Waals surface area contributed by atoms with Crippen molar-refractivity contribution in [2.45, 2.75) is 18.5 Å². The summed E-state index contributed by atoms with van der Waals surface area (Å²) in [6.07, 6.45) is -4.60. The molecule has 1 rings (SSSR count). The van der Waals surface area contributed by atoms with Gasteiger partial charge in [0.2, 0.25) is 0 Å². The number of rotatable bonds is 3. The molecule has 0 spiro atoms. The maximum absolute atomic E-state index is 13.0. The molecule has 0 radical (unpaired) electrons. The van der Waals surface area contributed by atoms with Crippen molar-refractivity contribution in [3.63, 3.8) is 0 Å². The first-order chi connectivity index (χ1) is 7.74. The van der Waals surface area contributed by atoms with Crippen LogP contribution in [-0.2, 0) is 11.6 Å². The Kier molecular flexibility index (Phi) is 3.78. The van der Waals surface area contributed by atoms with Gasteiger partial charge in [0.05, 0.1) is 12.2 Å². The Balaban J connectivity index is 3.44. The molecule has 0 heterocycles. The monoisotopic (exact) mass is 251 g/mol. The zero-order valence-electron chi connectivity index (χ0n) is 9.18. The highest BCUT2D eigenvalue weighted by molar-refractivity contribution is 5.37. The van der Waals surface area contributed by atoms with E-state index >= 15 is 0 Å². The van der Waals surface area contributed by atoms with Crippen molar-refractivity contribution < 1.29 is 22.7 Å². The van der Waals surface area contributed by atoms with E-state index in [-0.39, 0.29) is 12.1 Å². The Bertz CT molecular complexity index is 399. The van der Waals surface area contributed by atoms with E-state index in [4.69, 9.17) is 10.8 Å². The van der Waals surface area contributed by atoms with Gasteiger partial charge in [-0.3, -0.25) is 0 Å². The van der Waals surface area contributed by atoms with Crippen molar-refractivity contribution in [3.8, 4) is 0 Å². The number of hydrogen-bond acceptors (Lipinski definition) is 2. The lowest BCUT2D eigenvalue weighted by Crippen LogP contribution is -2.37. The number of benzene rings is 1. The third-order valence-corrected chi connectivity index (χ3v) is 2.74. The van der Waals surface area contributed by atoms with Crippen LogP contribution in [0.25, 0.3) is 0 Å². The number of nitrogens with two attached hydrogens (primary N) is 1. The van der Waals surface area contributed by atoms with Gasteiger partial charge < -0.3 is 10.8 Å². The average Bonchev–Trinajstić information content (AvgIpc) is 2.26.